The molecule has 0 saturated heterocycles. The van der Waals surface area contributed by atoms with Crippen LogP contribution in [0.1, 0.15) is 12.8 Å². The molecule has 0 spiro atoms. The third-order valence-electron chi connectivity index (χ3n) is 1.38. The van der Waals surface area contributed by atoms with Gasteiger partial charge in [0, 0.05) is 13.0 Å². The number of hydrogen-bond acceptors (Lipinski definition) is 2. The average molecular weight is 140 g/mol. The molecule has 0 bridgehead atoms. The first-order valence-electron chi connectivity index (χ1n) is 3.63. The summed E-state index contributed by atoms with van der Waals surface area (Å²) in [7, 11) is 2.06. The molecule has 0 atom stereocenters. The van der Waals surface area contributed by atoms with Crippen molar-refractivity contribution < 1.29 is 0 Å². The Bertz CT molecular complexity index is 104. The standard InChI is InChI=1S/C8H16N2/c1-3-4-7-10(2)8-5-6-9/h1H,4-9H2,2H3. The summed E-state index contributed by atoms with van der Waals surface area (Å²) in [5.41, 5.74) is 5.34. The molecule has 10 heavy (non-hydrogen) atoms. The summed E-state index contributed by atoms with van der Waals surface area (Å²) in [6, 6.07) is 0. The van der Waals surface area contributed by atoms with E-state index in [9.17, 15) is 0 Å². The van der Waals surface area contributed by atoms with E-state index in [4.69, 9.17) is 12.2 Å². The average Bonchev–Trinajstić information content (AvgIpc) is 1.97. The predicted molar refractivity (Wildman–Crippen MR) is 44.6 cm³/mol. The Labute approximate surface area is 63.4 Å². The first-order chi connectivity index (χ1) is 4.81. The van der Waals surface area contributed by atoms with Crippen LogP contribution in [0, 0.1) is 12.3 Å². The maximum absolute atomic E-state index is 5.34. The van der Waals surface area contributed by atoms with Gasteiger partial charge in [-0.25, -0.2) is 0 Å². The molecular weight excluding hydrogens is 124 g/mol. The summed E-state index contributed by atoms with van der Waals surface area (Å²) in [5.74, 6) is 2.60. The molecular formula is C8H16N2. The lowest BCUT2D eigenvalue weighted by Crippen LogP contribution is -2.22. The van der Waals surface area contributed by atoms with Crippen molar-refractivity contribution in [1.82, 2.24) is 4.90 Å². The number of nitrogens with zero attached hydrogens (tertiary/aromatic N) is 1. The molecule has 0 aliphatic rings. The highest BCUT2D eigenvalue weighted by Gasteiger charge is 1.93. The van der Waals surface area contributed by atoms with E-state index in [0.29, 0.717) is 0 Å². The molecule has 0 aromatic heterocycles. The highest BCUT2D eigenvalue weighted by Crippen LogP contribution is 1.87. The molecule has 0 aromatic carbocycles. The molecule has 0 radical (unpaired) electrons. The van der Waals surface area contributed by atoms with Crippen LogP contribution in [0.2, 0.25) is 0 Å². The Kier molecular flexibility index (Phi) is 6.25. The van der Waals surface area contributed by atoms with Crippen LogP contribution in [0.4, 0.5) is 0 Å². The smallest absolute Gasteiger partial charge is 0.0214 e. The molecule has 0 saturated carbocycles. The van der Waals surface area contributed by atoms with Crippen LogP contribution in [0.5, 0.6) is 0 Å². The highest BCUT2D eigenvalue weighted by molar-refractivity contribution is 4.84. The van der Waals surface area contributed by atoms with Crippen LogP contribution in [-0.2, 0) is 0 Å². The van der Waals surface area contributed by atoms with E-state index in [1.807, 2.05) is 0 Å². The molecule has 2 heteroatoms. The Hall–Kier alpha value is -0.520. The van der Waals surface area contributed by atoms with E-state index in [-0.39, 0.29) is 0 Å². The molecule has 0 aliphatic carbocycles. The molecule has 0 fully saturated rings. The summed E-state index contributed by atoms with van der Waals surface area (Å²) in [4.78, 5) is 2.20. The van der Waals surface area contributed by atoms with E-state index in [0.717, 1.165) is 32.5 Å². The van der Waals surface area contributed by atoms with Crippen molar-refractivity contribution in [3.63, 3.8) is 0 Å². The molecule has 0 aromatic rings. The number of terminal acetylenes is 1. The van der Waals surface area contributed by atoms with Crippen LogP contribution in [0.3, 0.4) is 0 Å². The third kappa shape index (κ3) is 5.61. The summed E-state index contributed by atoms with van der Waals surface area (Å²) >= 11 is 0. The normalized spacial score (nSPS) is 9.80. The van der Waals surface area contributed by atoms with Crippen molar-refractivity contribution in [2.24, 2.45) is 5.73 Å². The first-order valence-corrected chi connectivity index (χ1v) is 3.63. The minimum absolute atomic E-state index is 0.764. The fourth-order valence-corrected chi connectivity index (χ4v) is 0.728. The van der Waals surface area contributed by atoms with E-state index >= 15 is 0 Å². The van der Waals surface area contributed by atoms with E-state index in [2.05, 4.69) is 17.9 Å². The first kappa shape index (κ1) is 9.48. The van der Waals surface area contributed by atoms with Crippen LogP contribution < -0.4 is 5.73 Å². The molecule has 58 valence electrons. The minimum Gasteiger partial charge on any atom is -0.330 e. The lowest BCUT2D eigenvalue weighted by Gasteiger charge is -2.13. The van der Waals surface area contributed by atoms with Crippen LogP contribution in [0.15, 0.2) is 0 Å². The van der Waals surface area contributed by atoms with Crippen LogP contribution in [-0.4, -0.2) is 31.6 Å². The SMILES string of the molecule is C#CCCN(C)CCCN. The van der Waals surface area contributed by atoms with Crippen LogP contribution in [0.25, 0.3) is 0 Å². The Morgan fingerprint density at radius 1 is 1.50 bits per heavy atom. The molecule has 0 aliphatic heterocycles. The zero-order chi connectivity index (χ0) is 7.82. The summed E-state index contributed by atoms with van der Waals surface area (Å²) in [6.07, 6.45) is 7.00. The fraction of sp³-hybridized carbons (Fsp3) is 0.750. The van der Waals surface area contributed by atoms with Gasteiger partial charge in [0.05, 0.1) is 0 Å². The molecule has 2 nitrogen and oxygen atoms in total. The highest BCUT2D eigenvalue weighted by atomic mass is 15.1. The zero-order valence-corrected chi connectivity index (χ0v) is 6.64. The second kappa shape index (κ2) is 6.60. The van der Waals surface area contributed by atoms with Crippen molar-refractivity contribution in [3.05, 3.63) is 0 Å². The van der Waals surface area contributed by atoms with Crippen molar-refractivity contribution in [2.45, 2.75) is 12.8 Å². The van der Waals surface area contributed by atoms with Gasteiger partial charge in [-0.3, -0.25) is 0 Å². The van der Waals surface area contributed by atoms with Crippen molar-refractivity contribution in [2.75, 3.05) is 26.7 Å². The van der Waals surface area contributed by atoms with E-state index in [1.165, 1.54) is 0 Å². The fourth-order valence-electron chi connectivity index (χ4n) is 0.728. The second-order valence-electron chi connectivity index (χ2n) is 2.40. The van der Waals surface area contributed by atoms with Gasteiger partial charge in [-0.15, -0.1) is 12.3 Å². The van der Waals surface area contributed by atoms with Gasteiger partial charge >= 0.3 is 0 Å². The van der Waals surface area contributed by atoms with Gasteiger partial charge in [0.1, 0.15) is 0 Å². The second-order valence-corrected chi connectivity index (χ2v) is 2.40. The number of nitrogens with two attached hydrogens (primary N) is 1. The maximum Gasteiger partial charge on any atom is 0.0214 e. The van der Waals surface area contributed by atoms with Gasteiger partial charge in [-0.1, -0.05) is 0 Å². The number of rotatable bonds is 5. The third-order valence-corrected chi connectivity index (χ3v) is 1.38. The Morgan fingerprint density at radius 3 is 2.70 bits per heavy atom. The topological polar surface area (TPSA) is 29.3 Å². The minimum atomic E-state index is 0.764. The van der Waals surface area contributed by atoms with Crippen molar-refractivity contribution in [1.29, 1.82) is 0 Å². The molecule has 2 N–H and O–H groups in total. The Morgan fingerprint density at radius 2 is 2.20 bits per heavy atom. The van der Waals surface area contributed by atoms with E-state index in [1.54, 1.807) is 0 Å². The van der Waals surface area contributed by atoms with Crippen LogP contribution >= 0.6 is 0 Å². The van der Waals surface area contributed by atoms with Crippen molar-refractivity contribution >= 4 is 0 Å². The molecule has 0 rings (SSSR count). The van der Waals surface area contributed by atoms with Gasteiger partial charge < -0.3 is 10.6 Å². The largest absolute Gasteiger partial charge is 0.330 e. The van der Waals surface area contributed by atoms with Gasteiger partial charge in [0.25, 0.3) is 0 Å². The number of hydrogen-bond donors (Lipinski definition) is 1. The van der Waals surface area contributed by atoms with Crippen molar-refractivity contribution in [3.8, 4) is 12.3 Å². The van der Waals surface area contributed by atoms with Gasteiger partial charge in [0.15, 0.2) is 0 Å². The monoisotopic (exact) mass is 140 g/mol. The zero-order valence-electron chi connectivity index (χ0n) is 6.64. The van der Waals surface area contributed by atoms with Gasteiger partial charge in [-0.2, -0.15) is 0 Å². The lowest BCUT2D eigenvalue weighted by atomic mass is 10.3. The lowest BCUT2D eigenvalue weighted by molar-refractivity contribution is 0.340. The molecule has 0 heterocycles. The summed E-state index contributed by atoms with van der Waals surface area (Å²) in [5, 5.41) is 0. The summed E-state index contributed by atoms with van der Waals surface area (Å²) in [6.45, 7) is 2.80. The quantitative estimate of drug-likeness (QED) is 0.556. The molecule has 0 amide bonds. The van der Waals surface area contributed by atoms with Gasteiger partial charge in [0.2, 0.25) is 0 Å². The van der Waals surface area contributed by atoms with E-state index < -0.39 is 0 Å². The maximum atomic E-state index is 5.34. The predicted octanol–water partition coefficient (Wildman–Crippen LogP) is 0.290. The van der Waals surface area contributed by atoms with Gasteiger partial charge in [-0.05, 0) is 26.6 Å². The molecule has 0 unspecified atom stereocenters. The Balaban J connectivity index is 3.10. The summed E-state index contributed by atoms with van der Waals surface area (Å²) < 4.78 is 0.